The van der Waals surface area contributed by atoms with E-state index in [1.807, 2.05) is 30.3 Å². The minimum Gasteiger partial charge on any atom is -0.487 e. The third kappa shape index (κ3) is 6.69. The molecule has 0 radical (unpaired) electrons. The zero-order valence-corrected chi connectivity index (χ0v) is 19.9. The van der Waals surface area contributed by atoms with E-state index in [0.717, 1.165) is 35.3 Å². The maximum Gasteiger partial charge on any atom is 0.323 e. The molecule has 0 bridgehead atoms. The summed E-state index contributed by atoms with van der Waals surface area (Å²) in [6.07, 6.45) is 2.82. The maximum absolute atomic E-state index is 13.1. The van der Waals surface area contributed by atoms with Gasteiger partial charge in [-0.25, -0.2) is 4.39 Å². The van der Waals surface area contributed by atoms with Crippen molar-refractivity contribution in [2.45, 2.75) is 44.6 Å². The van der Waals surface area contributed by atoms with Crippen LogP contribution in [0.2, 0.25) is 0 Å². The van der Waals surface area contributed by atoms with E-state index in [1.54, 1.807) is 12.1 Å². The van der Waals surface area contributed by atoms with Crippen molar-refractivity contribution < 1.29 is 23.8 Å². The molecule has 1 N–H and O–H groups in total. The zero-order valence-electron chi connectivity index (χ0n) is 19.9. The third-order valence-corrected chi connectivity index (χ3v) is 6.36. The van der Waals surface area contributed by atoms with Crippen molar-refractivity contribution in [3.63, 3.8) is 0 Å². The highest BCUT2D eigenvalue weighted by atomic mass is 19.1. The highest BCUT2D eigenvalue weighted by Crippen LogP contribution is 2.37. The molecule has 0 unspecified atom stereocenters. The first kappa shape index (κ1) is 24.5. The lowest BCUT2D eigenvalue weighted by atomic mass is 9.91. The summed E-state index contributed by atoms with van der Waals surface area (Å²) in [5.74, 6) is -0.706. The van der Waals surface area contributed by atoms with Crippen LogP contribution < -0.4 is 4.74 Å². The topological polar surface area (TPSA) is 66.8 Å². The summed E-state index contributed by atoms with van der Waals surface area (Å²) in [7, 11) is 0. The Morgan fingerprint density at radius 3 is 2.40 bits per heavy atom. The molecule has 3 aromatic carbocycles. The van der Waals surface area contributed by atoms with E-state index < -0.39 is 5.97 Å². The van der Waals surface area contributed by atoms with Gasteiger partial charge in [-0.2, -0.15) is 0 Å². The van der Waals surface area contributed by atoms with E-state index in [9.17, 15) is 19.1 Å². The number of amides is 1. The van der Waals surface area contributed by atoms with E-state index in [0.29, 0.717) is 12.8 Å². The number of hydrogen-bond acceptors (Lipinski definition) is 3. The number of hydrogen-bond donors (Lipinski definition) is 1. The molecule has 6 heteroatoms. The minimum absolute atomic E-state index is 0.208. The molecule has 0 spiro atoms. The van der Waals surface area contributed by atoms with Gasteiger partial charge in [0.15, 0.2) is 0 Å². The van der Waals surface area contributed by atoms with Crippen LogP contribution in [0, 0.1) is 5.82 Å². The number of benzene rings is 3. The van der Waals surface area contributed by atoms with E-state index in [4.69, 9.17) is 4.74 Å². The molecular weight excluding hydrogens is 445 g/mol. The van der Waals surface area contributed by atoms with Gasteiger partial charge in [0.05, 0.1) is 0 Å². The summed E-state index contributed by atoms with van der Waals surface area (Å²) in [5, 5.41) is 9.25. The number of nitrogens with zero attached hydrogens (tertiary/aromatic N) is 1. The summed E-state index contributed by atoms with van der Waals surface area (Å²) in [6.45, 7) is 2.04. The van der Waals surface area contributed by atoms with Crippen LogP contribution >= 0.6 is 0 Å². The minimum atomic E-state index is -1.05. The average Bonchev–Trinajstić information content (AvgIpc) is 3.16. The van der Waals surface area contributed by atoms with Crippen LogP contribution in [0.5, 0.6) is 5.75 Å². The number of carbonyl (C=O) groups is 2. The number of halogens is 1. The second kappa shape index (κ2) is 10.7. The van der Waals surface area contributed by atoms with Crippen LogP contribution in [0.4, 0.5) is 4.39 Å². The lowest BCUT2D eigenvalue weighted by molar-refractivity contribution is -0.144. The Balaban J connectivity index is 1.35. The molecule has 0 aromatic heterocycles. The van der Waals surface area contributed by atoms with Gasteiger partial charge < -0.3 is 14.7 Å². The Hall–Kier alpha value is -3.67. The van der Waals surface area contributed by atoms with Crippen molar-refractivity contribution in [2.24, 2.45) is 0 Å². The number of aliphatic carboxylic acids is 1. The van der Waals surface area contributed by atoms with Gasteiger partial charge in [0.25, 0.3) is 0 Å². The maximum atomic E-state index is 13.1. The molecule has 0 saturated heterocycles. The number of aryl methyl sites for hydroxylation is 1. The van der Waals surface area contributed by atoms with Gasteiger partial charge in [-0.15, -0.1) is 0 Å². The van der Waals surface area contributed by atoms with Crippen LogP contribution in [0.25, 0.3) is 0 Å². The number of fused-ring (bicyclic) bond motifs is 1. The Morgan fingerprint density at radius 2 is 1.69 bits per heavy atom. The van der Waals surface area contributed by atoms with Crippen molar-refractivity contribution in [2.75, 3.05) is 13.1 Å². The first-order valence-corrected chi connectivity index (χ1v) is 11.9. The number of rotatable bonds is 10. The normalized spacial score (nSPS) is 16.4. The summed E-state index contributed by atoms with van der Waals surface area (Å²) < 4.78 is 19.4. The highest BCUT2D eigenvalue weighted by molar-refractivity contribution is 5.81. The summed E-state index contributed by atoms with van der Waals surface area (Å²) in [4.78, 5) is 25.5. The summed E-state index contributed by atoms with van der Waals surface area (Å²) in [5.41, 5.74) is 3.93. The molecule has 5 nitrogen and oxygen atoms in total. The SMILES string of the molecule is C[C@]1(Cc2ccccc2)Cc2cc(CCC(=O)N(CCc3ccc(F)cc3)CC(=O)O)ccc2O1. The molecule has 4 rings (SSSR count). The molecule has 182 valence electrons. The fourth-order valence-electron chi connectivity index (χ4n) is 4.64. The van der Waals surface area contributed by atoms with Crippen molar-refractivity contribution in [1.29, 1.82) is 0 Å². The molecule has 1 amide bonds. The van der Waals surface area contributed by atoms with Crippen LogP contribution in [0.1, 0.15) is 35.6 Å². The molecular formula is C29H30FNO4. The largest absolute Gasteiger partial charge is 0.487 e. The number of carbonyl (C=O) groups excluding carboxylic acids is 1. The van der Waals surface area contributed by atoms with Gasteiger partial charge in [0.1, 0.15) is 23.7 Å². The Bertz CT molecular complexity index is 1180. The Morgan fingerprint density at radius 1 is 0.971 bits per heavy atom. The standard InChI is InChI=1S/C29H30FNO4/c1-29(18-23-5-3-2-4-6-23)19-24-17-22(9-13-26(24)35-29)10-14-27(32)31(20-28(33)34)16-15-21-7-11-25(30)12-8-21/h2-9,11-13,17H,10,14-16,18-20H2,1H3,(H,33,34)/t29-/m0/s1. The summed E-state index contributed by atoms with van der Waals surface area (Å²) in [6, 6.07) is 22.3. The fourth-order valence-corrected chi connectivity index (χ4v) is 4.64. The second-order valence-corrected chi connectivity index (χ2v) is 9.42. The molecule has 0 aliphatic carbocycles. The van der Waals surface area contributed by atoms with Crippen LogP contribution in [-0.2, 0) is 35.3 Å². The number of carboxylic acids is 1. The smallest absolute Gasteiger partial charge is 0.323 e. The molecule has 0 saturated carbocycles. The summed E-state index contributed by atoms with van der Waals surface area (Å²) >= 11 is 0. The van der Waals surface area contributed by atoms with Crippen molar-refractivity contribution in [3.05, 3.63) is 101 Å². The molecule has 0 fully saturated rings. The van der Waals surface area contributed by atoms with Crippen LogP contribution in [0.3, 0.4) is 0 Å². The quantitative estimate of drug-likeness (QED) is 0.455. The molecule has 35 heavy (non-hydrogen) atoms. The average molecular weight is 476 g/mol. The first-order valence-electron chi connectivity index (χ1n) is 11.9. The fraction of sp³-hybridized carbons (Fsp3) is 0.310. The molecule has 3 aromatic rings. The number of ether oxygens (including phenoxy) is 1. The van der Waals surface area contributed by atoms with E-state index in [1.165, 1.54) is 22.6 Å². The predicted octanol–water partition coefficient (Wildman–Crippen LogP) is 4.85. The Labute approximate surface area is 205 Å². The van der Waals surface area contributed by atoms with Crippen molar-refractivity contribution >= 4 is 11.9 Å². The lowest BCUT2D eigenvalue weighted by Crippen LogP contribution is -2.37. The second-order valence-electron chi connectivity index (χ2n) is 9.42. The van der Waals surface area contributed by atoms with Crippen molar-refractivity contribution in [1.82, 2.24) is 4.90 Å². The van der Waals surface area contributed by atoms with Gasteiger partial charge in [0, 0.05) is 25.8 Å². The zero-order chi connectivity index (χ0) is 24.8. The van der Waals surface area contributed by atoms with E-state index in [-0.39, 0.29) is 36.8 Å². The molecule has 1 aliphatic rings. The molecule has 1 heterocycles. The lowest BCUT2D eigenvalue weighted by Gasteiger charge is -2.24. The predicted molar refractivity (Wildman–Crippen MR) is 132 cm³/mol. The van der Waals surface area contributed by atoms with Gasteiger partial charge >= 0.3 is 5.97 Å². The molecule has 1 atom stereocenters. The highest BCUT2D eigenvalue weighted by Gasteiger charge is 2.35. The third-order valence-electron chi connectivity index (χ3n) is 6.36. The van der Waals surface area contributed by atoms with Gasteiger partial charge in [-0.1, -0.05) is 54.6 Å². The van der Waals surface area contributed by atoms with Gasteiger partial charge in [0.2, 0.25) is 5.91 Å². The van der Waals surface area contributed by atoms with E-state index >= 15 is 0 Å². The Kier molecular flexibility index (Phi) is 7.49. The van der Waals surface area contributed by atoms with Gasteiger partial charge in [-0.05, 0) is 60.2 Å². The van der Waals surface area contributed by atoms with Gasteiger partial charge in [-0.3, -0.25) is 9.59 Å². The number of carboxylic acid groups (broad SMARTS) is 1. The first-order chi connectivity index (χ1) is 16.8. The molecule has 1 aliphatic heterocycles. The van der Waals surface area contributed by atoms with Crippen molar-refractivity contribution in [3.8, 4) is 5.75 Å². The monoisotopic (exact) mass is 475 g/mol. The van der Waals surface area contributed by atoms with Crippen LogP contribution in [-0.4, -0.2) is 40.6 Å². The van der Waals surface area contributed by atoms with Crippen LogP contribution in [0.15, 0.2) is 72.8 Å². The van der Waals surface area contributed by atoms with E-state index in [2.05, 4.69) is 25.1 Å².